The normalized spacial score (nSPS) is 9.48. The van der Waals surface area contributed by atoms with Gasteiger partial charge in [0, 0.05) is 48.8 Å². The first kappa shape index (κ1) is 40.1. The number of ether oxygens (including phenoxy) is 5. The van der Waals surface area contributed by atoms with Crippen molar-refractivity contribution in [2.45, 2.75) is 53.8 Å². The second kappa shape index (κ2) is 39.2. The summed E-state index contributed by atoms with van der Waals surface area (Å²) in [4.78, 5) is 9.44. The van der Waals surface area contributed by atoms with Crippen molar-refractivity contribution in [1.82, 2.24) is 0 Å². The Morgan fingerprint density at radius 3 is 1.29 bits per heavy atom. The van der Waals surface area contributed by atoms with Crippen LogP contribution in [0.3, 0.4) is 0 Å². The number of ketones is 1. The molecule has 7 nitrogen and oxygen atoms in total. The standard InChI is InChI=1S/C7H8.C5H12O2.C4H10O2.C3H8O.C3H6O.C2H6O/c1-7-5-3-2-4-6-7;1-5(7-3)4-6-2;1-5-3-4-6-2;2*1-3(2)4;1-3-2/h2-6H,1H3;5H,4H2,1-3H3;3-4H2,1-2H3;3-4H,1-2H3;1-2H3;1-2H3. The van der Waals surface area contributed by atoms with Crippen LogP contribution in [0.5, 0.6) is 0 Å². The molecule has 31 heavy (non-hydrogen) atoms. The van der Waals surface area contributed by atoms with Crippen molar-refractivity contribution in [1.29, 1.82) is 0 Å². The minimum Gasteiger partial charge on any atom is -0.394 e. The number of methoxy groups -OCH3 is 5. The third-order valence-electron chi connectivity index (χ3n) is 2.24. The Morgan fingerprint density at radius 2 is 1.16 bits per heavy atom. The molecule has 0 aliphatic heterocycles. The molecule has 1 rings (SSSR count). The summed E-state index contributed by atoms with van der Waals surface area (Å²) in [7, 11) is 9.89. The summed E-state index contributed by atoms with van der Waals surface area (Å²) in [5.74, 6) is 0.167. The lowest BCUT2D eigenvalue weighted by atomic mass is 10.2. The van der Waals surface area contributed by atoms with Gasteiger partial charge in [-0.25, -0.2) is 0 Å². The molecule has 0 aliphatic carbocycles. The Balaban J connectivity index is -0.0000000897. The van der Waals surface area contributed by atoms with Crippen LogP contribution in [-0.4, -0.2) is 85.6 Å². The summed E-state index contributed by atoms with van der Waals surface area (Å²) in [6.45, 7) is 12.6. The van der Waals surface area contributed by atoms with Gasteiger partial charge in [0.1, 0.15) is 5.78 Å². The number of aliphatic hydroxyl groups excluding tert-OH is 1. The minimum atomic E-state index is -0.167. The van der Waals surface area contributed by atoms with Crippen molar-refractivity contribution in [2.75, 3.05) is 62.5 Å². The van der Waals surface area contributed by atoms with Crippen LogP contribution in [0.2, 0.25) is 0 Å². The van der Waals surface area contributed by atoms with Crippen LogP contribution < -0.4 is 0 Å². The van der Waals surface area contributed by atoms with Crippen molar-refractivity contribution in [3.8, 4) is 0 Å². The van der Waals surface area contributed by atoms with E-state index in [0.29, 0.717) is 19.8 Å². The number of rotatable bonds is 6. The summed E-state index contributed by atoms with van der Waals surface area (Å²) < 4.78 is 23.2. The maximum absolute atomic E-state index is 9.44. The Morgan fingerprint density at radius 1 is 0.839 bits per heavy atom. The Labute approximate surface area is 192 Å². The highest BCUT2D eigenvalue weighted by Gasteiger charge is 1.93. The zero-order chi connectivity index (χ0) is 25.5. The summed E-state index contributed by atoms with van der Waals surface area (Å²) in [6, 6.07) is 10.3. The average Bonchev–Trinajstić information content (AvgIpc) is 2.68. The number of benzene rings is 1. The molecule has 0 heterocycles. The molecule has 0 saturated heterocycles. The van der Waals surface area contributed by atoms with Crippen molar-refractivity contribution < 1.29 is 33.6 Å². The molecule has 0 spiro atoms. The molecule has 0 amide bonds. The molecule has 1 atom stereocenters. The van der Waals surface area contributed by atoms with Crippen LogP contribution in [0.4, 0.5) is 0 Å². The van der Waals surface area contributed by atoms with Crippen molar-refractivity contribution in [3.63, 3.8) is 0 Å². The fraction of sp³-hybridized carbons (Fsp3) is 0.708. The minimum absolute atomic E-state index is 0.167. The molecule has 1 unspecified atom stereocenters. The summed E-state index contributed by atoms with van der Waals surface area (Å²) in [5, 5.41) is 8.06. The van der Waals surface area contributed by atoms with E-state index in [-0.39, 0.29) is 18.0 Å². The fourth-order valence-corrected chi connectivity index (χ4v) is 1.00. The molecule has 0 aliphatic rings. The topological polar surface area (TPSA) is 83.5 Å². The molecule has 0 aromatic heterocycles. The average molecular weight is 451 g/mol. The zero-order valence-corrected chi connectivity index (χ0v) is 22.1. The van der Waals surface area contributed by atoms with Crippen molar-refractivity contribution >= 4 is 5.78 Å². The fourth-order valence-electron chi connectivity index (χ4n) is 1.00. The maximum atomic E-state index is 9.44. The maximum Gasteiger partial charge on any atom is 0.126 e. The van der Waals surface area contributed by atoms with Gasteiger partial charge in [0.25, 0.3) is 0 Å². The second-order valence-corrected chi connectivity index (χ2v) is 6.55. The van der Waals surface area contributed by atoms with E-state index in [1.54, 1.807) is 56.5 Å². The monoisotopic (exact) mass is 450 g/mol. The van der Waals surface area contributed by atoms with Gasteiger partial charge in [-0.2, -0.15) is 0 Å². The summed E-state index contributed by atoms with van der Waals surface area (Å²) in [5.41, 5.74) is 1.32. The molecular formula is C24H50O7. The number of hydrogen-bond donors (Lipinski definition) is 1. The number of Topliss-reactive ketones (excluding diaryl/α,β-unsaturated/α-hetero) is 1. The van der Waals surface area contributed by atoms with E-state index < -0.39 is 0 Å². The number of carbonyl (C=O) groups is 1. The van der Waals surface area contributed by atoms with Gasteiger partial charge in [0.15, 0.2) is 0 Å². The number of hydrogen-bond acceptors (Lipinski definition) is 7. The van der Waals surface area contributed by atoms with Gasteiger partial charge in [0.2, 0.25) is 0 Å². The lowest BCUT2D eigenvalue weighted by molar-refractivity contribution is -0.115. The molecule has 0 radical (unpaired) electrons. The predicted octanol–water partition coefficient (Wildman–Crippen LogP) is 4.19. The second-order valence-electron chi connectivity index (χ2n) is 6.55. The molecule has 188 valence electrons. The van der Waals surface area contributed by atoms with E-state index in [1.165, 1.54) is 19.4 Å². The number of aliphatic hydroxyl groups is 1. The molecule has 7 heteroatoms. The third-order valence-corrected chi connectivity index (χ3v) is 2.24. The van der Waals surface area contributed by atoms with E-state index >= 15 is 0 Å². The largest absolute Gasteiger partial charge is 0.394 e. The van der Waals surface area contributed by atoms with Crippen LogP contribution in [0.25, 0.3) is 0 Å². The molecule has 1 aromatic carbocycles. The van der Waals surface area contributed by atoms with Crippen LogP contribution in [0.15, 0.2) is 30.3 Å². The zero-order valence-electron chi connectivity index (χ0n) is 22.1. The van der Waals surface area contributed by atoms with E-state index in [1.807, 2.05) is 25.1 Å². The van der Waals surface area contributed by atoms with E-state index in [0.717, 1.165) is 0 Å². The smallest absolute Gasteiger partial charge is 0.126 e. The first-order valence-corrected chi connectivity index (χ1v) is 10.1. The van der Waals surface area contributed by atoms with Gasteiger partial charge < -0.3 is 33.6 Å². The number of aryl methyl sites for hydroxylation is 1. The van der Waals surface area contributed by atoms with E-state index in [9.17, 15) is 4.79 Å². The molecule has 0 fully saturated rings. The SMILES string of the molecule is CC(C)=O.CC(C)O.COC.COCC(C)OC.COCCOC.Cc1ccccc1. The molecule has 1 aromatic rings. The number of carbonyl (C=O) groups excluding carboxylic acids is 1. The quantitative estimate of drug-likeness (QED) is 0.651. The molecule has 0 bridgehead atoms. The van der Waals surface area contributed by atoms with Gasteiger partial charge >= 0.3 is 0 Å². The van der Waals surface area contributed by atoms with Crippen LogP contribution in [-0.2, 0) is 28.5 Å². The van der Waals surface area contributed by atoms with Gasteiger partial charge in [-0.1, -0.05) is 35.9 Å². The lowest BCUT2D eigenvalue weighted by Gasteiger charge is -2.05. The van der Waals surface area contributed by atoms with Gasteiger partial charge in [-0.05, 0) is 41.5 Å². The Hall–Kier alpha value is -1.35. The Bertz CT molecular complexity index is 387. The highest BCUT2D eigenvalue weighted by Crippen LogP contribution is 1.92. The summed E-state index contributed by atoms with van der Waals surface area (Å²) in [6.07, 6.45) is 0.0602. The van der Waals surface area contributed by atoms with Crippen LogP contribution in [0, 0.1) is 6.92 Å². The summed E-state index contributed by atoms with van der Waals surface area (Å²) >= 11 is 0. The van der Waals surface area contributed by atoms with Gasteiger partial charge in [-0.15, -0.1) is 0 Å². The molecule has 1 N–H and O–H groups in total. The Kier molecular flexibility index (Phi) is 50.6. The lowest BCUT2D eigenvalue weighted by Crippen LogP contribution is -2.11. The molecular weight excluding hydrogens is 400 g/mol. The predicted molar refractivity (Wildman–Crippen MR) is 130 cm³/mol. The van der Waals surface area contributed by atoms with Crippen molar-refractivity contribution in [3.05, 3.63) is 35.9 Å². The van der Waals surface area contributed by atoms with Crippen molar-refractivity contribution in [2.24, 2.45) is 0 Å². The third kappa shape index (κ3) is 94.8. The van der Waals surface area contributed by atoms with E-state index in [4.69, 9.17) is 14.6 Å². The highest BCUT2D eigenvalue weighted by molar-refractivity contribution is 5.72. The van der Waals surface area contributed by atoms with Gasteiger partial charge in [0.05, 0.1) is 25.9 Å². The highest BCUT2D eigenvalue weighted by atomic mass is 16.5. The first-order valence-electron chi connectivity index (χ1n) is 10.1. The first-order chi connectivity index (χ1) is 14.5. The van der Waals surface area contributed by atoms with Crippen LogP contribution in [0.1, 0.15) is 40.2 Å². The van der Waals surface area contributed by atoms with Gasteiger partial charge in [-0.3, -0.25) is 0 Å². The van der Waals surface area contributed by atoms with E-state index in [2.05, 4.69) is 33.3 Å². The molecule has 0 saturated carbocycles. The van der Waals surface area contributed by atoms with Crippen LogP contribution >= 0.6 is 0 Å².